The summed E-state index contributed by atoms with van der Waals surface area (Å²) in [6.07, 6.45) is 1.50. The van der Waals surface area contributed by atoms with Crippen molar-refractivity contribution in [1.82, 2.24) is 5.32 Å². The van der Waals surface area contributed by atoms with E-state index in [4.69, 9.17) is 20.4 Å². The zero-order valence-electron chi connectivity index (χ0n) is 12.1. The Hall–Kier alpha value is -2.88. The van der Waals surface area contributed by atoms with Gasteiger partial charge in [-0.2, -0.15) is 0 Å². The topological polar surface area (TPSA) is 128 Å². The van der Waals surface area contributed by atoms with Crippen molar-refractivity contribution < 1.29 is 19.2 Å². The van der Waals surface area contributed by atoms with E-state index >= 15 is 0 Å². The minimum atomic E-state index is -0.273. The molecule has 7 heteroatoms. The predicted molar refractivity (Wildman–Crippen MR) is 74.0 cm³/mol. The van der Waals surface area contributed by atoms with Crippen LogP contribution in [0, 0.1) is 38.5 Å². The molecule has 3 N–H and O–H groups in total. The van der Waals surface area contributed by atoms with E-state index in [2.05, 4.69) is 5.32 Å². The first kappa shape index (κ1) is 18.1. The lowest BCUT2D eigenvalue weighted by Crippen LogP contribution is -2.38. The van der Waals surface area contributed by atoms with E-state index in [9.17, 15) is 9.59 Å². The molecule has 0 saturated heterocycles. The van der Waals surface area contributed by atoms with Crippen LogP contribution in [0.25, 0.3) is 0 Å². The summed E-state index contributed by atoms with van der Waals surface area (Å²) in [5, 5.41) is 13.2. The molecule has 0 spiro atoms. The molecule has 110 valence electrons. The molecule has 7 nitrogen and oxygen atoms in total. The van der Waals surface area contributed by atoms with Crippen LogP contribution in [-0.2, 0) is 9.59 Å². The minimum Gasteiger partial charge on any atom is -0.288 e. The average molecular weight is 289 g/mol. The molecule has 2 rings (SSSR count). The molecular weight excluding hydrogens is 274 g/mol. The van der Waals surface area contributed by atoms with E-state index < -0.39 is 0 Å². The van der Waals surface area contributed by atoms with Gasteiger partial charge < -0.3 is 0 Å². The van der Waals surface area contributed by atoms with Gasteiger partial charge in [0, 0.05) is 11.1 Å². The third-order valence-corrected chi connectivity index (χ3v) is 3.31. The van der Waals surface area contributed by atoms with Crippen molar-refractivity contribution in [3.8, 4) is 0 Å². The number of rotatable bonds is 0. The van der Waals surface area contributed by atoms with Gasteiger partial charge in [-0.15, -0.1) is 0 Å². The molecule has 0 radical (unpaired) electrons. The molecular formula is C14H15N3O4. The highest BCUT2D eigenvalue weighted by atomic mass is 16.2. The molecule has 0 unspecified atom stereocenters. The average Bonchev–Trinajstić information content (AvgIpc) is 2.37. The van der Waals surface area contributed by atoms with Gasteiger partial charge >= 0.3 is 0 Å². The number of carbonyl (C=O) groups is 2. The first-order chi connectivity index (χ1) is 9.78. The van der Waals surface area contributed by atoms with E-state index in [-0.39, 0.29) is 11.8 Å². The standard InChI is InChI=1S/C12H13NO2.2CHNO/c1-5-6(2)9-8(4)10(7(5)3)12(15)13-11(9)14;2*2-1-3/h1-4H3,(H,13,14,15);2*2H. The Labute approximate surface area is 121 Å². The summed E-state index contributed by atoms with van der Waals surface area (Å²) < 4.78 is 0. The number of hydrogen-bond donors (Lipinski definition) is 3. The number of hydrogen-bond acceptors (Lipinski definition) is 6. The highest BCUT2D eigenvalue weighted by molar-refractivity contribution is 6.17. The van der Waals surface area contributed by atoms with Gasteiger partial charge in [0.25, 0.3) is 11.8 Å². The third-order valence-electron chi connectivity index (χ3n) is 3.31. The molecule has 0 atom stereocenters. The van der Waals surface area contributed by atoms with Gasteiger partial charge in [-0.05, 0) is 49.9 Å². The molecule has 2 bridgehead atoms. The van der Waals surface area contributed by atoms with Crippen molar-refractivity contribution in [3.05, 3.63) is 33.4 Å². The molecule has 2 amide bonds. The largest absolute Gasteiger partial charge is 0.288 e. The van der Waals surface area contributed by atoms with Gasteiger partial charge in [0.05, 0.1) is 0 Å². The summed E-state index contributed by atoms with van der Waals surface area (Å²) >= 11 is 0. The Bertz CT molecular complexity index is 612. The fourth-order valence-corrected chi connectivity index (χ4v) is 2.25. The van der Waals surface area contributed by atoms with E-state index in [0.717, 1.165) is 34.4 Å². The molecule has 1 aliphatic rings. The van der Waals surface area contributed by atoms with Crippen molar-refractivity contribution in [2.75, 3.05) is 0 Å². The van der Waals surface area contributed by atoms with Crippen LogP contribution in [0.2, 0.25) is 0 Å². The lowest BCUT2D eigenvalue weighted by atomic mass is 9.86. The van der Waals surface area contributed by atoms with Crippen LogP contribution in [0.15, 0.2) is 0 Å². The maximum absolute atomic E-state index is 11.6. The first-order valence-electron chi connectivity index (χ1n) is 5.82. The van der Waals surface area contributed by atoms with E-state index in [1.54, 1.807) is 0 Å². The van der Waals surface area contributed by atoms with Crippen LogP contribution in [0.5, 0.6) is 0 Å². The van der Waals surface area contributed by atoms with Crippen molar-refractivity contribution in [2.24, 2.45) is 0 Å². The second-order valence-electron chi connectivity index (χ2n) is 4.24. The van der Waals surface area contributed by atoms with Gasteiger partial charge in [-0.3, -0.25) is 14.9 Å². The number of benzene rings is 1. The Kier molecular flexibility index (Phi) is 6.60. The van der Waals surface area contributed by atoms with E-state index in [1.807, 2.05) is 27.7 Å². The van der Waals surface area contributed by atoms with Crippen LogP contribution >= 0.6 is 0 Å². The maximum atomic E-state index is 11.6. The maximum Gasteiger partial charge on any atom is 0.258 e. The smallest absolute Gasteiger partial charge is 0.258 e. The van der Waals surface area contributed by atoms with Crippen LogP contribution in [0.1, 0.15) is 43.0 Å². The molecule has 1 aliphatic heterocycles. The van der Waals surface area contributed by atoms with Crippen LogP contribution < -0.4 is 5.32 Å². The summed E-state index contributed by atoms with van der Waals surface area (Å²) in [7, 11) is 0. The Balaban J connectivity index is 0.000000578. The minimum absolute atomic E-state index is 0.273. The van der Waals surface area contributed by atoms with Crippen LogP contribution in [0.4, 0.5) is 0 Å². The summed E-state index contributed by atoms with van der Waals surface area (Å²) in [6, 6.07) is 0. The SMILES string of the molecule is Cc1c(C)c2c(C)c(c1C)C(=O)NC2=O.N=C=O.N=C=O. The molecule has 0 saturated carbocycles. The lowest BCUT2D eigenvalue weighted by molar-refractivity contribution is 0.0838. The number of isocyanates is 2. The van der Waals surface area contributed by atoms with Crippen molar-refractivity contribution in [3.63, 3.8) is 0 Å². The summed E-state index contributed by atoms with van der Waals surface area (Å²) in [5.74, 6) is -0.545. The zero-order chi connectivity index (χ0) is 16.7. The zero-order valence-corrected chi connectivity index (χ0v) is 12.1. The Morgan fingerprint density at radius 3 is 1.29 bits per heavy atom. The monoisotopic (exact) mass is 289 g/mol. The van der Waals surface area contributed by atoms with Gasteiger partial charge in [0.15, 0.2) is 0 Å². The lowest BCUT2D eigenvalue weighted by Gasteiger charge is -2.23. The Morgan fingerprint density at radius 1 is 0.714 bits per heavy atom. The second-order valence-corrected chi connectivity index (χ2v) is 4.24. The molecule has 1 aromatic carbocycles. The Morgan fingerprint density at radius 2 is 1.00 bits per heavy atom. The normalized spacial score (nSPS) is 10.9. The van der Waals surface area contributed by atoms with Gasteiger partial charge in [-0.25, -0.2) is 20.4 Å². The number of nitrogens with one attached hydrogen (secondary N) is 3. The predicted octanol–water partition coefficient (Wildman–Crippen LogP) is 1.61. The number of imide groups is 1. The molecule has 21 heavy (non-hydrogen) atoms. The third kappa shape index (κ3) is 3.57. The second kappa shape index (κ2) is 7.65. The number of carbonyl (C=O) groups excluding carboxylic acids is 4. The van der Waals surface area contributed by atoms with Crippen LogP contribution in [-0.4, -0.2) is 24.0 Å². The molecule has 1 aromatic rings. The first-order valence-corrected chi connectivity index (χ1v) is 5.82. The fourth-order valence-electron chi connectivity index (χ4n) is 2.25. The molecule has 0 fully saturated rings. The fraction of sp³-hybridized carbons (Fsp3) is 0.286. The number of fused-ring (bicyclic) bond motifs is 2. The highest BCUT2D eigenvalue weighted by Crippen LogP contribution is 2.29. The van der Waals surface area contributed by atoms with Gasteiger partial charge in [0.1, 0.15) is 0 Å². The summed E-state index contributed by atoms with van der Waals surface area (Å²) in [5.41, 5.74) is 5.11. The molecule has 0 aliphatic carbocycles. The van der Waals surface area contributed by atoms with Gasteiger partial charge in [-0.1, -0.05) is 0 Å². The molecule has 0 aromatic heterocycles. The highest BCUT2D eigenvalue weighted by Gasteiger charge is 2.29. The molecule has 1 heterocycles. The number of amides is 2. The summed E-state index contributed by atoms with van der Waals surface area (Å²) in [4.78, 5) is 40.0. The van der Waals surface area contributed by atoms with E-state index in [1.165, 1.54) is 0 Å². The van der Waals surface area contributed by atoms with Gasteiger partial charge in [0.2, 0.25) is 12.2 Å². The summed E-state index contributed by atoms with van der Waals surface area (Å²) in [6.45, 7) is 7.62. The van der Waals surface area contributed by atoms with Crippen LogP contribution in [0.3, 0.4) is 0 Å². The van der Waals surface area contributed by atoms with Crippen molar-refractivity contribution in [2.45, 2.75) is 27.7 Å². The van der Waals surface area contributed by atoms with Crippen molar-refractivity contribution >= 4 is 24.0 Å². The van der Waals surface area contributed by atoms with Crippen molar-refractivity contribution in [1.29, 1.82) is 10.8 Å². The quantitative estimate of drug-likeness (QED) is 0.380. The van der Waals surface area contributed by atoms with E-state index in [0.29, 0.717) is 11.1 Å².